The number of aliphatic carboxylic acids is 1. The Morgan fingerprint density at radius 3 is 2.27 bits per heavy atom. The molecule has 1 aliphatic rings. The molecular weight excluding hydrogens is 142 g/mol. The van der Waals surface area contributed by atoms with Gasteiger partial charge in [0.15, 0.2) is 0 Å². The molecule has 0 saturated carbocycles. The van der Waals surface area contributed by atoms with E-state index in [0.29, 0.717) is 11.3 Å². The Hall–Kier alpha value is -1.12. The number of allylic oxidation sites excluding steroid dienone is 1. The summed E-state index contributed by atoms with van der Waals surface area (Å²) in [5, 5.41) is 8.68. The van der Waals surface area contributed by atoms with Crippen molar-refractivity contribution < 1.29 is 9.90 Å². The van der Waals surface area contributed by atoms with Gasteiger partial charge in [-0.2, -0.15) is 0 Å². The fourth-order valence-electron chi connectivity index (χ4n) is 1.11. The van der Waals surface area contributed by atoms with E-state index in [4.69, 9.17) is 5.11 Å². The Bertz CT molecular complexity index is 261. The van der Waals surface area contributed by atoms with Gasteiger partial charge in [0.1, 0.15) is 5.57 Å². The third kappa shape index (κ3) is 1.18. The van der Waals surface area contributed by atoms with Crippen LogP contribution in [0.15, 0.2) is 16.3 Å². The molecule has 11 heavy (non-hydrogen) atoms. The summed E-state index contributed by atoms with van der Waals surface area (Å²) in [6.07, 6.45) is 0. The molecule has 0 aromatic heterocycles. The van der Waals surface area contributed by atoms with Crippen molar-refractivity contribution in [2.75, 3.05) is 0 Å². The van der Waals surface area contributed by atoms with E-state index in [-0.39, 0.29) is 5.92 Å². The average Bonchev–Trinajstić information content (AvgIpc) is 1.80. The lowest BCUT2D eigenvalue weighted by Gasteiger charge is -2.19. The van der Waals surface area contributed by atoms with Crippen LogP contribution in [-0.4, -0.2) is 16.8 Å². The molecule has 0 aromatic carbocycles. The molecule has 0 atom stereocenters. The molecule has 0 unspecified atom stereocenters. The number of carboxylic acids is 1. The van der Waals surface area contributed by atoms with Crippen molar-refractivity contribution in [3.8, 4) is 0 Å². The van der Waals surface area contributed by atoms with Crippen molar-refractivity contribution in [2.45, 2.75) is 20.8 Å². The van der Waals surface area contributed by atoms with Gasteiger partial charge in [0.2, 0.25) is 0 Å². The number of carbonyl (C=O) groups is 1. The fourth-order valence-corrected chi connectivity index (χ4v) is 1.11. The van der Waals surface area contributed by atoms with E-state index in [2.05, 4.69) is 4.99 Å². The summed E-state index contributed by atoms with van der Waals surface area (Å²) in [5.41, 5.74) is 1.76. The van der Waals surface area contributed by atoms with Gasteiger partial charge in [0.05, 0.1) is 11.4 Å². The van der Waals surface area contributed by atoms with Crippen molar-refractivity contribution in [2.24, 2.45) is 10.9 Å². The Kier molecular flexibility index (Phi) is 1.81. The predicted molar refractivity (Wildman–Crippen MR) is 42.6 cm³/mol. The minimum Gasteiger partial charge on any atom is -0.478 e. The molecule has 1 aliphatic heterocycles. The number of aliphatic imine (C=N–C) groups is 1. The second kappa shape index (κ2) is 2.49. The van der Waals surface area contributed by atoms with E-state index >= 15 is 0 Å². The van der Waals surface area contributed by atoms with Crippen LogP contribution >= 0.6 is 0 Å². The van der Waals surface area contributed by atoms with E-state index in [1.807, 2.05) is 13.8 Å². The number of carboxylic acid groups (broad SMARTS) is 1. The van der Waals surface area contributed by atoms with E-state index in [1.54, 1.807) is 6.92 Å². The molecule has 0 aliphatic carbocycles. The average molecular weight is 153 g/mol. The van der Waals surface area contributed by atoms with Crippen LogP contribution < -0.4 is 0 Å². The lowest BCUT2D eigenvalue weighted by atomic mass is 9.94. The lowest BCUT2D eigenvalue weighted by Crippen LogP contribution is -2.25. The number of nitrogens with zero attached hydrogens (tertiary/aromatic N) is 1. The van der Waals surface area contributed by atoms with Crippen LogP contribution in [0.4, 0.5) is 0 Å². The SMILES string of the molecule is CC1=C(C(=O)O)C(C(C)C)=N1. The van der Waals surface area contributed by atoms with Crippen LogP contribution in [0.25, 0.3) is 0 Å². The van der Waals surface area contributed by atoms with Crippen LogP contribution in [0.3, 0.4) is 0 Å². The summed E-state index contributed by atoms with van der Waals surface area (Å²) in [6, 6.07) is 0. The molecular formula is C8H11NO2. The van der Waals surface area contributed by atoms with Gasteiger partial charge in [-0.1, -0.05) is 13.8 Å². The van der Waals surface area contributed by atoms with E-state index in [9.17, 15) is 4.79 Å². The standard InChI is InChI=1S/C8H11NO2/c1-4(2)7-6(8(10)11)5(3)9-7/h4H,1-3H3,(H,10,11). The zero-order chi connectivity index (χ0) is 8.59. The van der Waals surface area contributed by atoms with Gasteiger partial charge in [0, 0.05) is 0 Å². The van der Waals surface area contributed by atoms with Gasteiger partial charge in [-0.15, -0.1) is 0 Å². The lowest BCUT2D eigenvalue weighted by molar-refractivity contribution is -0.132. The highest BCUT2D eigenvalue weighted by Crippen LogP contribution is 2.23. The van der Waals surface area contributed by atoms with E-state index < -0.39 is 5.97 Å². The summed E-state index contributed by atoms with van der Waals surface area (Å²) in [7, 11) is 0. The first-order valence-corrected chi connectivity index (χ1v) is 3.57. The Morgan fingerprint density at radius 1 is 1.55 bits per heavy atom. The van der Waals surface area contributed by atoms with Gasteiger partial charge in [-0.25, -0.2) is 4.79 Å². The first kappa shape index (κ1) is 7.98. The van der Waals surface area contributed by atoms with Crippen LogP contribution in [0.5, 0.6) is 0 Å². The summed E-state index contributed by atoms with van der Waals surface area (Å²) < 4.78 is 0. The first-order chi connectivity index (χ1) is 5.04. The Balaban J connectivity index is 2.81. The number of hydrogen-bond donors (Lipinski definition) is 1. The van der Waals surface area contributed by atoms with Crippen LogP contribution in [-0.2, 0) is 4.79 Å². The molecule has 0 bridgehead atoms. The highest BCUT2D eigenvalue weighted by Gasteiger charge is 2.27. The summed E-state index contributed by atoms with van der Waals surface area (Å²) in [5.74, 6) is -0.647. The molecule has 3 heteroatoms. The summed E-state index contributed by atoms with van der Waals surface area (Å²) in [4.78, 5) is 14.6. The molecule has 0 radical (unpaired) electrons. The van der Waals surface area contributed by atoms with Gasteiger partial charge in [0.25, 0.3) is 0 Å². The van der Waals surface area contributed by atoms with E-state index in [0.717, 1.165) is 5.71 Å². The van der Waals surface area contributed by atoms with Crippen LogP contribution in [0.2, 0.25) is 0 Å². The third-order valence-electron chi connectivity index (χ3n) is 1.67. The monoisotopic (exact) mass is 153 g/mol. The molecule has 3 nitrogen and oxygen atoms in total. The molecule has 0 spiro atoms. The Labute approximate surface area is 65.4 Å². The second-order valence-corrected chi connectivity index (χ2v) is 2.92. The largest absolute Gasteiger partial charge is 0.478 e. The minimum atomic E-state index is -0.860. The molecule has 0 fully saturated rings. The second-order valence-electron chi connectivity index (χ2n) is 2.92. The quantitative estimate of drug-likeness (QED) is 0.652. The third-order valence-corrected chi connectivity index (χ3v) is 1.67. The molecule has 1 N–H and O–H groups in total. The Morgan fingerprint density at radius 2 is 2.09 bits per heavy atom. The maximum atomic E-state index is 10.6. The van der Waals surface area contributed by atoms with Gasteiger partial charge in [-0.05, 0) is 12.8 Å². The van der Waals surface area contributed by atoms with Gasteiger partial charge >= 0.3 is 5.97 Å². The summed E-state index contributed by atoms with van der Waals surface area (Å²) >= 11 is 0. The highest BCUT2D eigenvalue weighted by molar-refractivity contribution is 6.24. The molecule has 60 valence electrons. The maximum Gasteiger partial charge on any atom is 0.339 e. The molecule has 0 saturated heterocycles. The van der Waals surface area contributed by atoms with Crippen LogP contribution in [0, 0.1) is 5.92 Å². The molecule has 0 aromatic rings. The highest BCUT2D eigenvalue weighted by atomic mass is 16.4. The topological polar surface area (TPSA) is 49.7 Å². The number of rotatable bonds is 2. The van der Waals surface area contributed by atoms with E-state index in [1.165, 1.54) is 0 Å². The molecule has 0 amide bonds. The van der Waals surface area contributed by atoms with Crippen molar-refractivity contribution in [1.29, 1.82) is 0 Å². The normalized spacial score (nSPS) is 16.5. The zero-order valence-electron chi connectivity index (χ0n) is 6.88. The molecule has 1 rings (SSSR count). The molecule has 1 heterocycles. The summed E-state index contributed by atoms with van der Waals surface area (Å²) in [6.45, 7) is 5.60. The van der Waals surface area contributed by atoms with Crippen LogP contribution in [0.1, 0.15) is 20.8 Å². The smallest absolute Gasteiger partial charge is 0.339 e. The van der Waals surface area contributed by atoms with Crippen molar-refractivity contribution in [3.63, 3.8) is 0 Å². The zero-order valence-corrected chi connectivity index (χ0v) is 6.88. The van der Waals surface area contributed by atoms with Crippen molar-refractivity contribution in [1.82, 2.24) is 0 Å². The van der Waals surface area contributed by atoms with Gasteiger partial charge < -0.3 is 5.11 Å². The van der Waals surface area contributed by atoms with Gasteiger partial charge in [-0.3, -0.25) is 4.99 Å². The van der Waals surface area contributed by atoms with Crippen molar-refractivity contribution >= 4 is 11.7 Å². The predicted octanol–water partition coefficient (Wildman–Crippen LogP) is 1.46. The first-order valence-electron chi connectivity index (χ1n) is 3.57. The number of hydrogen-bond acceptors (Lipinski definition) is 2. The fraction of sp³-hybridized carbons (Fsp3) is 0.500. The maximum absolute atomic E-state index is 10.6. The van der Waals surface area contributed by atoms with Crippen molar-refractivity contribution in [3.05, 3.63) is 11.3 Å². The minimum absolute atomic E-state index is 0.213.